The smallest absolute Gasteiger partial charge is 0.393 e. The van der Waals surface area contributed by atoms with Crippen LogP contribution in [0.5, 0.6) is 0 Å². The lowest BCUT2D eigenvalue weighted by Crippen LogP contribution is -2.57. The molecular formula is C10H14FIN3O4+. The minimum Gasteiger partial charge on any atom is -0.393 e. The number of hydrogen-bond acceptors (Lipinski definition) is 5. The average molecular weight is 386 g/mol. The molecule has 7 nitrogen and oxygen atoms in total. The van der Waals surface area contributed by atoms with E-state index in [-0.39, 0.29) is 10.2 Å². The van der Waals surface area contributed by atoms with Crippen LogP contribution in [0.3, 0.4) is 0 Å². The molecule has 1 saturated heterocycles. The Morgan fingerprint density at radius 2 is 2.37 bits per heavy atom. The summed E-state index contributed by atoms with van der Waals surface area (Å²) in [4.78, 5) is 14.0. The van der Waals surface area contributed by atoms with Crippen molar-refractivity contribution in [3.63, 3.8) is 0 Å². The van der Waals surface area contributed by atoms with Crippen LogP contribution in [0.2, 0.25) is 0 Å². The summed E-state index contributed by atoms with van der Waals surface area (Å²) < 4.78 is 20.7. The third kappa shape index (κ3) is 2.35. The number of alkyl halides is 2. The number of aliphatic hydroxyl groups is 2. The highest BCUT2D eigenvalue weighted by molar-refractivity contribution is 14.1. The normalized spacial score (nSPS) is 34.6. The van der Waals surface area contributed by atoms with Crippen LogP contribution in [-0.2, 0) is 4.74 Å². The van der Waals surface area contributed by atoms with Crippen LogP contribution >= 0.6 is 22.6 Å². The molecule has 1 aromatic rings. The molecule has 19 heavy (non-hydrogen) atoms. The Morgan fingerprint density at radius 1 is 1.68 bits per heavy atom. The van der Waals surface area contributed by atoms with E-state index in [1.165, 1.54) is 12.3 Å². The van der Waals surface area contributed by atoms with Gasteiger partial charge in [-0.15, -0.1) is 0 Å². The van der Waals surface area contributed by atoms with Gasteiger partial charge in [0, 0.05) is 10.5 Å². The van der Waals surface area contributed by atoms with E-state index in [1.54, 1.807) is 0 Å². The zero-order valence-electron chi connectivity index (χ0n) is 9.79. The molecule has 0 saturated carbocycles. The van der Waals surface area contributed by atoms with Gasteiger partial charge in [-0.05, 0) is 0 Å². The second kappa shape index (κ2) is 5.31. The zero-order chi connectivity index (χ0) is 14.2. The predicted octanol–water partition coefficient (Wildman–Crippen LogP) is -1.36. The van der Waals surface area contributed by atoms with Crippen LogP contribution in [0.15, 0.2) is 17.1 Å². The Morgan fingerprint density at radius 3 is 2.84 bits per heavy atom. The fourth-order valence-electron chi connectivity index (χ4n) is 1.97. The molecule has 9 heteroatoms. The van der Waals surface area contributed by atoms with Crippen LogP contribution in [0, 0.1) is 0 Å². The van der Waals surface area contributed by atoms with Crippen molar-refractivity contribution in [1.82, 2.24) is 4.98 Å². The van der Waals surface area contributed by atoms with Crippen LogP contribution in [-0.4, -0.2) is 44.1 Å². The maximum Gasteiger partial charge on any atom is 0.499 e. The number of nitrogens with two attached hydrogens (primary N) is 1. The van der Waals surface area contributed by atoms with Crippen LogP contribution in [0.4, 0.5) is 10.2 Å². The first kappa shape index (κ1) is 14.6. The van der Waals surface area contributed by atoms with Crippen LogP contribution in [0.1, 0.15) is 6.23 Å². The van der Waals surface area contributed by atoms with Crippen molar-refractivity contribution in [1.29, 1.82) is 0 Å². The molecule has 0 radical (unpaired) electrons. The lowest BCUT2D eigenvalue weighted by atomic mass is 9.99. The van der Waals surface area contributed by atoms with Gasteiger partial charge in [-0.25, -0.2) is 4.39 Å². The van der Waals surface area contributed by atoms with Gasteiger partial charge in [0.1, 0.15) is 17.9 Å². The van der Waals surface area contributed by atoms with Gasteiger partial charge in [-0.3, -0.25) is 0 Å². The Balaban J connectivity index is 2.39. The number of aliphatic hydroxyl groups excluding tert-OH is 2. The van der Waals surface area contributed by atoms with Crippen molar-refractivity contribution < 1.29 is 23.9 Å². The van der Waals surface area contributed by atoms with Gasteiger partial charge in [0.05, 0.1) is 6.61 Å². The van der Waals surface area contributed by atoms with E-state index < -0.39 is 36.4 Å². The van der Waals surface area contributed by atoms with Crippen LogP contribution < -0.4 is 16.0 Å². The summed E-state index contributed by atoms with van der Waals surface area (Å²) in [6, 6.07) is 1.38. The number of hydrogen-bond donors (Lipinski definition) is 4. The first-order valence-electron chi connectivity index (χ1n) is 5.52. The average Bonchev–Trinajstić information content (AvgIpc) is 2.64. The molecule has 0 spiro atoms. The second-order valence-electron chi connectivity index (χ2n) is 4.36. The first-order chi connectivity index (χ1) is 8.95. The van der Waals surface area contributed by atoms with Crippen molar-refractivity contribution >= 4 is 28.4 Å². The summed E-state index contributed by atoms with van der Waals surface area (Å²) in [5.74, 6) is 0.137. The minimum absolute atomic E-state index is 0.137. The Kier molecular flexibility index (Phi) is 4.08. The van der Waals surface area contributed by atoms with Crippen molar-refractivity contribution in [2.45, 2.75) is 24.1 Å². The molecule has 1 aromatic heterocycles. The minimum atomic E-state index is -1.82. The molecule has 106 valence electrons. The molecule has 0 aromatic carbocycles. The summed E-state index contributed by atoms with van der Waals surface area (Å²) in [6.07, 6.45) is -3.36. The SMILES string of the molecule is Nc1cc[n+](C2OC(CO)(CI)C(O)C2F)c(=O)[nH]1. The van der Waals surface area contributed by atoms with Crippen molar-refractivity contribution in [2.75, 3.05) is 16.8 Å². The van der Waals surface area contributed by atoms with E-state index in [0.29, 0.717) is 0 Å². The van der Waals surface area contributed by atoms with E-state index in [4.69, 9.17) is 10.5 Å². The fourth-order valence-corrected chi connectivity index (χ4v) is 2.85. The standard InChI is InChI=1S/C10H13FIN3O4/c11-6-7(17)10(3-12,4-16)19-8(6)15-2-1-5(13)14-9(15)18/h1-2,6-8,16-17H,3-4H2,(H2,13,14,18)/p+1. The monoisotopic (exact) mass is 386 g/mol. The summed E-state index contributed by atoms with van der Waals surface area (Å²) in [5, 5.41) is 19.2. The maximum absolute atomic E-state index is 14.1. The first-order valence-corrected chi connectivity index (χ1v) is 7.04. The zero-order valence-corrected chi connectivity index (χ0v) is 11.9. The third-order valence-corrected chi connectivity index (χ3v) is 4.43. The Hall–Kier alpha value is -0.780. The molecule has 4 unspecified atom stereocenters. The highest BCUT2D eigenvalue weighted by Gasteiger charge is 2.57. The maximum atomic E-state index is 14.1. The van der Waals surface area contributed by atoms with Crippen molar-refractivity contribution in [3.05, 3.63) is 22.7 Å². The molecule has 1 aliphatic heterocycles. The van der Waals surface area contributed by atoms with E-state index in [9.17, 15) is 19.4 Å². The Bertz CT molecular complexity index is 522. The number of halogens is 2. The molecule has 5 N–H and O–H groups in total. The molecule has 1 aliphatic rings. The summed E-state index contributed by atoms with van der Waals surface area (Å²) in [6.45, 7) is -0.540. The largest absolute Gasteiger partial charge is 0.499 e. The number of nitrogen functional groups attached to an aromatic ring is 1. The van der Waals surface area contributed by atoms with E-state index >= 15 is 0 Å². The number of rotatable bonds is 3. The molecule has 4 atom stereocenters. The van der Waals surface area contributed by atoms with Crippen molar-refractivity contribution in [2.24, 2.45) is 0 Å². The van der Waals surface area contributed by atoms with Crippen LogP contribution in [0.25, 0.3) is 0 Å². The van der Waals surface area contributed by atoms with E-state index in [0.717, 1.165) is 4.57 Å². The molecular weight excluding hydrogens is 372 g/mol. The molecule has 0 bridgehead atoms. The topological polar surface area (TPSA) is 112 Å². The molecule has 2 heterocycles. The van der Waals surface area contributed by atoms with Gasteiger partial charge < -0.3 is 20.7 Å². The lowest BCUT2D eigenvalue weighted by Gasteiger charge is -2.26. The van der Waals surface area contributed by atoms with Gasteiger partial charge in [0.2, 0.25) is 6.23 Å². The van der Waals surface area contributed by atoms with E-state index in [1.807, 2.05) is 22.6 Å². The second-order valence-corrected chi connectivity index (χ2v) is 5.13. The highest BCUT2D eigenvalue weighted by Crippen LogP contribution is 2.37. The number of H-pyrrole nitrogens is 1. The Labute approximate surface area is 121 Å². The number of nitrogens with zero attached hydrogens (tertiary/aromatic N) is 1. The summed E-state index contributed by atoms with van der Waals surface area (Å²) >= 11 is 1.88. The number of anilines is 1. The van der Waals surface area contributed by atoms with Gasteiger partial charge in [0.15, 0.2) is 12.0 Å². The number of aromatic nitrogens is 2. The lowest BCUT2D eigenvalue weighted by molar-refractivity contribution is -0.779. The summed E-state index contributed by atoms with van der Waals surface area (Å²) in [5.41, 5.74) is 3.34. The van der Waals surface area contributed by atoms with Gasteiger partial charge >= 0.3 is 5.69 Å². The number of aromatic amines is 1. The molecule has 2 rings (SSSR count). The van der Waals surface area contributed by atoms with Gasteiger partial charge in [0.25, 0.3) is 0 Å². The van der Waals surface area contributed by atoms with E-state index in [2.05, 4.69) is 4.98 Å². The third-order valence-electron chi connectivity index (χ3n) is 3.14. The summed E-state index contributed by atoms with van der Waals surface area (Å²) in [7, 11) is 0. The predicted molar refractivity (Wildman–Crippen MR) is 71.4 cm³/mol. The van der Waals surface area contributed by atoms with Gasteiger partial charge in [-0.1, -0.05) is 22.6 Å². The van der Waals surface area contributed by atoms with Crippen molar-refractivity contribution in [3.8, 4) is 0 Å². The number of nitrogens with one attached hydrogen (secondary N) is 1. The quantitative estimate of drug-likeness (QED) is 0.291. The highest BCUT2D eigenvalue weighted by atomic mass is 127. The molecule has 0 amide bonds. The molecule has 0 aliphatic carbocycles. The number of ether oxygens (including phenoxy) is 1. The molecule has 1 fully saturated rings. The fraction of sp³-hybridized carbons (Fsp3) is 0.600. The van der Waals surface area contributed by atoms with Gasteiger partial charge in [-0.2, -0.15) is 14.3 Å².